The minimum Gasteiger partial charge on any atom is -0.495 e. The first-order valence-electron chi connectivity index (χ1n) is 7.22. The van der Waals surface area contributed by atoms with Crippen LogP contribution in [0.1, 0.15) is 6.92 Å². The van der Waals surface area contributed by atoms with Crippen molar-refractivity contribution in [2.75, 3.05) is 19.5 Å². The van der Waals surface area contributed by atoms with E-state index in [0.717, 1.165) is 16.9 Å². The van der Waals surface area contributed by atoms with Gasteiger partial charge in [0.15, 0.2) is 0 Å². The van der Waals surface area contributed by atoms with Crippen LogP contribution in [0.3, 0.4) is 0 Å². The highest BCUT2D eigenvalue weighted by atomic mass is 16.5. The maximum absolute atomic E-state index is 5.91. The number of benzene rings is 2. The first kappa shape index (κ1) is 14.9. The monoisotopic (exact) mass is 311 g/mol. The number of hydrogen-bond acceptors (Lipinski definition) is 6. The van der Waals surface area contributed by atoms with Gasteiger partial charge in [0.25, 0.3) is 5.89 Å². The first-order chi connectivity index (χ1) is 11.2. The SMILES string of the molecule is CCOc1ccc(-c2nc(-c3ccc(OC)c(N)c3)no2)cc1. The maximum atomic E-state index is 5.91. The number of nitrogen functional groups attached to an aromatic ring is 1. The molecular formula is C17H17N3O3. The number of methoxy groups -OCH3 is 1. The van der Waals surface area contributed by atoms with E-state index in [1.54, 1.807) is 19.2 Å². The fourth-order valence-electron chi connectivity index (χ4n) is 2.19. The standard InChI is InChI=1S/C17H17N3O3/c1-3-22-13-7-4-11(5-8-13)17-19-16(20-23-17)12-6-9-15(21-2)14(18)10-12/h4-10H,3,18H2,1-2H3. The lowest BCUT2D eigenvalue weighted by molar-refractivity contribution is 0.340. The van der Waals surface area contributed by atoms with Crippen molar-refractivity contribution in [3.8, 4) is 34.3 Å². The highest BCUT2D eigenvalue weighted by molar-refractivity contribution is 5.67. The summed E-state index contributed by atoms with van der Waals surface area (Å²) < 4.78 is 15.9. The van der Waals surface area contributed by atoms with Crippen LogP contribution in [0.15, 0.2) is 47.0 Å². The minimum absolute atomic E-state index is 0.442. The van der Waals surface area contributed by atoms with Gasteiger partial charge in [0.2, 0.25) is 5.82 Å². The largest absolute Gasteiger partial charge is 0.495 e. The molecule has 0 saturated heterocycles. The second kappa shape index (κ2) is 6.39. The van der Waals surface area contributed by atoms with E-state index in [4.69, 9.17) is 19.7 Å². The lowest BCUT2D eigenvalue weighted by Crippen LogP contribution is -1.93. The molecule has 0 radical (unpaired) electrons. The van der Waals surface area contributed by atoms with Gasteiger partial charge in [-0.3, -0.25) is 0 Å². The molecule has 0 spiro atoms. The lowest BCUT2D eigenvalue weighted by atomic mass is 10.1. The summed E-state index contributed by atoms with van der Waals surface area (Å²) in [4.78, 5) is 4.41. The molecule has 3 aromatic rings. The van der Waals surface area contributed by atoms with E-state index in [1.807, 2.05) is 37.3 Å². The molecule has 0 aliphatic carbocycles. The van der Waals surface area contributed by atoms with E-state index in [-0.39, 0.29) is 0 Å². The van der Waals surface area contributed by atoms with Gasteiger partial charge in [-0.1, -0.05) is 5.16 Å². The van der Waals surface area contributed by atoms with Crippen molar-refractivity contribution < 1.29 is 14.0 Å². The van der Waals surface area contributed by atoms with Gasteiger partial charge in [-0.25, -0.2) is 0 Å². The summed E-state index contributed by atoms with van der Waals surface area (Å²) in [6.07, 6.45) is 0. The Bertz CT molecular complexity index is 797. The molecule has 0 fully saturated rings. The van der Waals surface area contributed by atoms with Gasteiger partial charge < -0.3 is 19.7 Å². The third kappa shape index (κ3) is 3.11. The first-order valence-corrected chi connectivity index (χ1v) is 7.22. The zero-order chi connectivity index (χ0) is 16.2. The highest BCUT2D eigenvalue weighted by Gasteiger charge is 2.12. The molecule has 0 amide bonds. The molecule has 0 bridgehead atoms. The fraction of sp³-hybridized carbons (Fsp3) is 0.176. The number of aromatic nitrogens is 2. The molecule has 0 saturated carbocycles. The Morgan fingerprint density at radius 2 is 1.83 bits per heavy atom. The van der Waals surface area contributed by atoms with Crippen LogP contribution < -0.4 is 15.2 Å². The van der Waals surface area contributed by atoms with Crippen LogP contribution in [-0.2, 0) is 0 Å². The van der Waals surface area contributed by atoms with Gasteiger partial charge >= 0.3 is 0 Å². The molecule has 1 heterocycles. The second-order valence-electron chi connectivity index (χ2n) is 4.84. The average Bonchev–Trinajstić information content (AvgIpc) is 3.06. The van der Waals surface area contributed by atoms with Crippen LogP contribution in [0.25, 0.3) is 22.8 Å². The van der Waals surface area contributed by atoms with Gasteiger partial charge in [-0.05, 0) is 49.4 Å². The Hall–Kier alpha value is -3.02. The highest BCUT2D eigenvalue weighted by Crippen LogP contribution is 2.28. The van der Waals surface area contributed by atoms with E-state index in [1.165, 1.54) is 0 Å². The van der Waals surface area contributed by atoms with E-state index < -0.39 is 0 Å². The maximum Gasteiger partial charge on any atom is 0.258 e. The summed E-state index contributed by atoms with van der Waals surface area (Å²) in [6.45, 7) is 2.57. The number of nitrogens with zero attached hydrogens (tertiary/aromatic N) is 2. The van der Waals surface area contributed by atoms with Crippen LogP contribution in [0.5, 0.6) is 11.5 Å². The molecule has 2 N–H and O–H groups in total. The molecular weight excluding hydrogens is 294 g/mol. The van der Waals surface area contributed by atoms with Crippen molar-refractivity contribution >= 4 is 5.69 Å². The molecule has 0 aliphatic rings. The van der Waals surface area contributed by atoms with Crippen molar-refractivity contribution in [2.24, 2.45) is 0 Å². The molecule has 0 atom stereocenters. The van der Waals surface area contributed by atoms with E-state index in [2.05, 4.69) is 10.1 Å². The van der Waals surface area contributed by atoms with Crippen molar-refractivity contribution in [3.63, 3.8) is 0 Å². The van der Waals surface area contributed by atoms with Crippen molar-refractivity contribution in [2.45, 2.75) is 6.92 Å². The van der Waals surface area contributed by atoms with Crippen molar-refractivity contribution in [1.29, 1.82) is 0 Å². The van der Waals surface area contributed by atoms with Gasteiger partial charge in [-0.15, -0.1) is 0 Å². The number of ether oxygens (including phenoxy) is 2. The van der Waals surface area contributed by atoms with Gasteiger partial charge in [-0.2, -0.15) is 4.98 Å². The van der Waals surface area contributed by atoms with E-state index in [0.29, 0.717) is 29.8 Å². The van der Waals surface area contributed by atoms with Crippen LogP contribution in [0, 0.1) is 0 Å². The Labute approximate surface area is 133 Å². The third-order valence-electron chi connectivity index (χ3n) is 3.33. The van der Waals surface area contributed by atoms with Crippen molar-refractivity contribution in [1.82, 2.24) is 10.1 Å². The van der Waals surface area contributed by atoms with E-state index in [9.17, 15) is 0 Å². The molecule has 6 nitrogen and oxygen atoms in total. The van der Waals surface area contributed by atoms with Crippen LogP contribution >= 0.6 is 0 Å². The molecule has 0 aliphatic heterocycles. The molecule has 6 heteroatoms. The van der Waals surface area contributed by atoms with Gasteiger partial charge in [0, 0.05) is 11.1 Å². The van der Waals surface area contributed by atoms with Gasteiger partial charge in [0.05, 0.1) is 19.4 Å². The lowest BCUT2D eigenvalue weighted by Gasteiger charge is -2.04. The summed E-state index contributed by atoms with van der Waals surface area (Å²) >= 11 is 0. The van der Waals surface area contributed by atoms with Crippen molar-refractivity contribution in [3.05, 3.63) is 42.5 Å². The second-order valence-corrected chi connectivity index (χ2v) is 4.84. The summed E-state index contributed by atoms with van der Waals surface area (Å²) in [5, 5.41) is 4.00. The summed E-state index contributed by atoms with van der Waals surface area (Å²) in [7, 11) is 1.57. The third-order valence-corrected chi connectivity index (χ3v) is 3.33. The molecule has 23 heavy (non-hydrogen) atoms. The quantitative estimate of drug-likeness (QED) is 0.727. The summed E-state index contributed by atoms with van der Waals surface area (Å²) in [5.74, 6) is 2.34. The Morgan fingerprint density at radius 1 is 1.09 bits per heavy atom. The summed E-state index contributed by atoms with van der Waals surface area (Å²) in [5.41, 5.74) is 8.03. The molecule has 2 aromatic carbocycles. The molecule has 118 valence electrons. The van der Waals surface area contributed by atoms with Gasteiger partial charge in [0.1, 0.15) is 11.5 Å². The van der Waals surface area contributed by atoms with Crippen LogP contribution in [0.2, 0.25) is 0 Å². The normalized spacial score (nSPS) is 10.5. The molecule has 1 aromatic heterocycles. The number of nitrogens with two attached hydrogens (primary N) is 1. The van der Waals surface area contributed by atoms with E-state index >= 15 is 0 Å². The number of hydrogen-bond donors (Lipinski definition) is 1. The van der Waals surface area contributed by atoms with Crippen LogP contribution in [0.4, 0.5) is 5.69 Å². The number of anilines is 1. The van der Waals surface area contributed by atoms with Crippen LogP contribution in [-0.4, -0.2) is 23.9 Å². The predicted molar refractivity (Wildman–Crippen MR) is 87.3 cm³/mol. The Balaban J connectivity index is 1.86. The molecule has 3 rings (SSSR count). The number of rotatable bonds is 5. The zero-order valence-electron chi connectivity index (χ0n) is 12.9. The topological polar surface area (TPSA) is 83.4 Å². The zero-order valence-corrected chi connectivity index (χ0v) is 12.9. The summed E-state index contributed by atoms with van der Waals surface area (Å²) in [6, 6.07) is 12.9. The smallest absolute Gasteiger partial charge is 0.258 e. The fourth-order valence-corrected chi connectivity index (χ4v) is 2.19. The minimum atomic E-state index is 0.442. The average molecular weight is 311 g/mol. The Morgan fingerprint density at radius 3 is 2.48 bits per heavy atom. The predicted octanol–water partition coefficient (Wildman–Crippen LogP) is 3.39. The molecule has 0 unspecified atom stereocenters. The Kier molecular flexibility index (Phi) is 4.14.